The van der Waals surface area contributed by atoms with Gasteiger partial charge in [0.15, 0.2) is 0 Å². The number of rotatable bonds is 6. The van der Waals surface area contributed by atoms with E-state index in [4.69, 9.17) is 9.47 Å². The van der Waals surface area contributed by atoms with Crippen LogP contribution in [0.1, 0.15) is 24.1 Å². The normalized spacial score (nSPS) is 12.0. The van der Waals surface area contributed by atoms with E-state index in [0.29, 0.717) is 5.75 Å². The summed E-state index contributed by atoms with van der Waals surface area (Å²) in [6, 6.07) is 12.1. The molecule has 0 fully saturated rings. The zero-order valence-electron chi connectivity index (χ0n) is 12.5. The van der Waals surface area contributed by atoms with Gasteiger partial charge in [0.05, 0.1) is 20.3 Å². The largest absolute Gasteiger partial charge is 0.497 e. The van der Waals surface area contributed by atoms with Gasteiger partial charge in [0.2, 0.25) is 0 Å². The average Bonchev–Trinajstić information content (AvgIpc) is 2.52. The van der Waals surface area contributed by atoms with Crippen LogP contribution >= 0.6 is 0 Å². The summed E-state index contributed by atoms with van der Waals surface area (Å²) < 4.78 is 24.3. The fourth-order valence-electron chi connectivity index (χ4n) is 2.36. The first-order valence-corrected chi connectivity index (χ1v) is 6.90. The number of ether oxygens (including phenoxy) is 2. The van der Waals surface area contributed by atoms with Crippen molar-refractivity contribution < 1.29 is 13.9 Å². The minimum Gasteiger partial charge on any atom is -0.497 e. The number of methoxy groups -OCH3 is 2. The Morgan fingerprint density at radius 2 is 1.90 bits per heavy atom. The molecule has 0 saturated heterocycles. The van der Waals surface area contributed by atoms with Gasteiger partial charge in [-0.1, -0.05) is 19.1 Å². The number of benzene rings is 2. The molecule has 0 aromatic heterocycles. The van der Waals surface area contributed by atoms with Gasteiger partial charge in [-0.15, -0.1) is 0 Å². The van der Waals surface area contributed by atoms with E-state index >= 15 is 0 Å². The van der Waals surface area contributed by atoms with Gasteiger partial charge < -0.3 is 14.8 Å². The van der Waals surface area contributed by atoms with E-state index in [1.807, 2.05) is 31.2 Å². The molecule has 0 radical (unpaired) electrons. The summed E-state index contributed by atoms with van der Waals surface area (Å²) in [6.45, 7) is 2.76. The third kappa shape index (κ3) is 3.52. The molecule has 0 aliphatic carbocycles. The van der Waals surface area contributed by atoms with E-state index in [1.165, 1.54) is 12.1 Å². The van der Waals surface area contributed by atoms with Gasteiger partial charge in [-0.25, -0.2) is 4.39 Å². The van der Waals surface area contributed by atoms with Crippen molar-refractivity contribution in [2.24, 2.45) is 0 Å². The molecule has 3 nitrogen and oxygen atoms in total. The molecule has 1 unspecified atom stereocenters. The van der Waals surface area contributed by atoms with Crippen LogP contribution in [0, 0.1) is 5.82 Å². The Bertz CT molecular complexity index is 601. The topological polar surface area (TPSA) is 30.5 Å². The van der Waals surface area contributed by atoms with Gasteiger partial charge in [-0.05, 0) is 42.4 Å². The molecular formula is C17H20FNO2. The number of hydrogen-bond donors (Lipinski definition) is 1. The summed E-state index contributed by atoms with van der Waals surface area (Å²) in [6.07, 6.45) is 0. The lowest BCUT2D eigenvalue weighted by Crippen LogP contribution is -2.22. The molecule has 112 valence electrons. The molecule has 1 N–H and O–H groups in total. The molecule has 2 rings (SSSR count). The van der Waals surface area contributed by atoms with E-state index in [1.54, 1.807) is 20.3 Å². The van der Waals surface area contributed by atoms with Gasteiger partial charge in [-0.2, -0.15) is 0 Å². The lowest BCUT2D eigenvalue weighted by molar-refractivity contribution is 0.401. The molecule has 0 amide bonds. The lowest BCUT2D eigenvalue weighted by atomic mass is 9.97. The minimum absolute atomic E-state index is 0.157. The van der Waals surface area contributed by atoms with Crippen molar-refractivity contribution >= 4 is 0 Å². The number of halogens is 1. The van der Waals surface area contributed by atoms with Crippen molar-refractivity contribution in [2.45, 2.75) is 13.0 Å². The van der Waals surface area contributed by atoms with Crippen LogP contribution in [0.2, 0.25) is 0 Å². The monoisotopic (exact) mass is 289 g/mol. The smallest absolute Gasteiger partial charge is 0.124 e. The van der Waals surface area contributed by atoms with Crippen molar-refractivity contribution in [1.29, 1.82) is 0 Å². The average molecular weight is 289 g/mol. The third-order valence-electron chi connectivity index (χ3n) is 3.34. The summed E-state index contributed by atoms with van der Waals surface area (Å²) >= 11 is 0. The maximum absolute atomic E-state index is 13.6. The fraction of sp³-hybridized carbons (Fsp3) is 0.294. The van der Waals surface area contributed by atoms with Crippen molar-refractivity contribution in [3.63, 3.8) is 0 Å². The number of nitrogens with one attached hydrogen (secondary N) is 1. The van der Waals surface area contributed by atoms with Crippen molar-refractivity contribution in [3.8, 4) is 11.5 Å². The standard InChI is InChI=1S/C17H20FNO2/c1-4-19-17(12-6-5-7-14(10-12)20-2)15-11-13(18)8-9-16(15)21-3/h5-11,17,19H,4H2,1-3H3. The highest BCUT2D eigenvalue weighted by molar-refractivity contribution is 5.43. The van der Waals surface area contributed by atoms with E-state index in [9.17, 15) is 4.39 Å². The molecule has 0 saturated carbocycles. The van der Waals surface area contributed by atoms with Gasteiger partial charge >= 0.3 is 0 Å². The second kappa shape index (κ2) is 7.09. The molecule has 0 aliphatic rings. The Kier molecular flexibility index (Phi) is 5.17. The van der Waals surface area contributed by atoms with Crippen LogP contribution in [0.15, 0.2) is 42.5 Å². The molecule has 21 heavy (non-hydrogen) atoms. The van der Waals surface area contributed by atoms with Crippen LogP contribution in [0.25, 0.3) is 0 Å². The lowest BCUT2D eigenvalue weighted by Gasteiger charge is -2.21. The second-order valence-corrected chi connectivity index (χ2v) is 4.65. The Morgan fingerprint density at radius 1 is 1.10 bits per heavy atom. The van der Waals surface area contributed by atoms with E-state index < -0.39 is 0 Å². The Hall–Kier alpha value is -2.07. The molecule has 2 aromatic rings. The summed E-state index contributed by atoms with van der Waals surface area (Å²) in [5.41, 5.74) is 1.77. The molecule has 0 aliphatic heterocycles. The van der Waals surface area contributed by atoms with Gasteiger partial charge in [0, 0.05) is 5.56 Å². The summed E-state index contributed by atoms with van der Waals surface area (Å²) in [7, 11) is 3.22. The zero-order chi connectivity index (χ0) is 15.2. The third-order valence-corrected chi connectivity index (χ3v) is 3.34. The van der Waals surface area contributed by atoms with Crippen LogP contribution in [-0.2, 0) is 0 Å². The highest BCUT2D eigenvalue weighted by Crippen LogP contribution is 2.32. The highest BCUT2D eigenvalue weighted by Gasteiger charge is 2.18. The molecule has 0 spiro atoms. The Morgan fingerprint density at radius 3 is 2.57 bits per heavy atom. The molecule has 2 aromatic carbocycles. The summed E-state index contributed by atoms with van der Waals surface area (Å²) in [5.74, 6) is 1.15. The zero-order valence-corrected chi connectivity index (χ0v) is 12.5. The maximum Gasteiger partial charge on any atom is 0.124 e. The van der Waals surface area contributed by atoms with Crippen molar-refractivity contribution in [1.82, 2.24) is 5.32 Å². The van der Waals surface area contributed by atoms with Crippen LogP contribution in [-0.4, -0.2) is 20.8 Å². The molecule has 0 bridgehead atoms. The van der Waals surface area contributed by atoms with Gasteiger partial charge in [0.1, 0.15) is 17.3 Å². The van der Waals surface area contributed by atoms with Crippen LogP contribution in [0.3, 0.4) is 0 Å². The van der Waals surface area contributed by atoms with Gasteiger partial charge in [0.25, 0.3) is 0 Å². The van der Waals surface area contributed by atoms with Crippen LogP contribution in [0.4, 0.5) is 4.39 Å². The second-order valence-electron chi connectivity index (χ2n) is 4.65. The summed E-state index contributed by atoms with van der Waals surface area (Å²) in [4.78, 5) is 0. The van der Waals surface area contributed by atoms with Crippen molar-refractivity contribution in [3.05, 3.63) is 59.4 Å². The minimum atomic E-state index is -0.281. The number of hydrogen-bond acceptors (Lipinski definition) is 3. The SMILES string of the molecule is CCNC(c1cccc(OC)c1)c1cc(F)ccc1OC. The Labute approximate surface area is 124 Å². The first-order chi connectivity index (χ1) is 10.2. The highest BCUT2D eigenvalue weighted by atomic mass is 19.1. The first-order valence-electron chi connectivity index (χ1n) is 6.90. The van der Waals surface area contributed by atoms with Crippen molar-refractivity contribution in [2.75, 3.05) is 20.8 Å². The predicted molar refractivity (Wildman–Crippen MR) is 81.5 cm³/mol. The predicted octanol–water partition coefficient (Wildman–Crippen LogP) is 3.54. The van der Waals surface area contributed by atoms with Crippen LogP contribution in [0.5, 0.6) is 11.5 Å². The van der Waals surface area contributed by atoms with Gasteiger partial charge in [-0.3, -0.25) is 0 Å². The molecular weight excluding hydrogens is 269 g/mol. The van der Waals surface area contributed by atoms with Crippen LogP contribution < -0.4 is 14.8 Å². The van der Waals surface area contributed by atoms with E-state index in [0.717, 1.165) is 23.4 Å². The quantitative estimate of drug-likeness (QED) is 0.882. The Balaban J connectivity index is 2.49. The van der Waals surface area contributed by atoms with E-state index in [-0.39, 0.29) is 11.9 Å². The fourth-order valence-corrected chi connectivity index (χ4v) is 2.36. The molecule has 4 heteroatoms. The molecule has 0 heterocycles. The van der Waals surface area contributed by atoms with E-state index in [2.05, 4.69) is 5.32 Å². The molecule has 1 atom stereocenters. The first kappa shape index (κ1) is 15.3. The summed E-state index contributed by atoms with van der Waals surface area (Å²) in [5, 5.41) is 3.37. The maximum atomic E-state index is 13.6.